The highest BCUT2D eigenvalue weighted by atomic mass is 32.2. The predicted molar refractivity (Wildman–Crippen MR) is 116 cm³/mol. The van der Waals surface area contributed by atoms with Crippen LogP contribution in [0.4, 0.5) is 5.69 Å². The summed E-state index contributed by atoms with van der Waals surface area (Å²) in [7, 11) is -3.78. The molecule has 2 unspecified atom stereocenters. The number of hydrogen-bond donors (Lipinski definition) is 0. The molecular formula is C23H28N2O4S. The molecule has 1 amide bonds. The standard InChI is InChI=1S/C23H28N2O4S/c1-2-25(19-10-4-3-5-11-19)30(27,28)20-12-8-9-18(17-20)23(26)24-15-16-29-22-14-7-6-13-21(22)24/h3-5,8-12,17,21-22H,2,6-7,13-16H2,1H3. The van der Waals surface area contributed by atoms with Crippen molar-refractivity contribution in [3.8, 4) is 0 Å². The Labute approximate surface area is 178 Å². The normalized spacial score (nSPS) is 21.7. The molecule has 2 aromatic rings. The summed E-state index contributed by atoms with van der Waals surface area (Å²) in [6, 6.07) is 15.5. The van der Waals surface area contributed by atoms with Gasteiger partial charge in [-0.05, 0) is 50.1 Å². The zero-order valence-corrected chi connectivity index (χ0v) is 18.1. The number of sulfonamides is 1. The minimum Gasteiger partial charge on any atom is -0.374 e. The van der Waals surface area contributed by atoms with Crippen molar-refractivity contribution in [2.75, 3.05) is 24.0 Å². The molecule has 6 nitrogen and oxygen atoms in total. The van der Waals surface area contributed by atoms with Gasteiger partial charge in [0, 0.05) is 18.7 Å². The minimum atomic E-state index is -3.78. The number of carbonyl (C=O) groups is 1. The number of nitrogens with zero attached hydrogens (tertiary/aromatic N) is 2. The van der Waals surface area contributed by atoms with Gasteiger partial charge in [0.05, 0.1) is 29.3 Å². The summed E-state index contributed by atoms with van der Waals surface area (Å²) in [5.74, 6) is -0.116. The number of hydrogen-bond acceptors (Lipinski definition) is 4. The van der Waals surface area contributed by atoms with Crippen molar-refractivity contribution in [1.82, 2.24) is 4.90 Å². The molecule has 2 fully saturated rings. The van der Waals surface area contributed by atoms with Gasteiger partial charge in [0.1, 0.15) is 0 Å². The fourth-order valence-electron chi connectivity index (χ4n) is 4.52. The summed E-state index contributed by atoms with van der Waals surface area (Å²) >= 11 is 0. The van der Waals surface area contributed by atoms with Crippen molar-refractivity contribution >= 4 is 21.6 Å². The number of benzene rings is 2. The Morgan fingerprint density at radius 1 is 1.10 bits per heavy atom. The fourth-order valence-corrected chi connectivity index (χ4v) is 6.04. The second-order valence-electron chi connectivity index (χ2n) is 7.79. The van der Waals surface area contributed by atoms with E-state index in [9.17, 15) is 13.2 Å². The van der Waals surface area contributed by atoms with Gasteiger partial charge in [0.25, 0.3) is 15.9 Å². The third-order valence-corrected chi connectivity index (χ3v) is 7.89. The van der Waals surface area contributed by atoms with Crippen LogP contribution in [0.1, 0.15) is 43.0 Å². The lowest BCUT2D eigenvalue weighted by atomic mass is 9.89. The Hall–Kier alpha value is -2.38. The summed E-state index contributed by atoms with van der Waals surface area (Å²) in [6.07, 6.45) is 4.23. The van der Waals surface area contributed by atoms with Crippen LogP contribution < -0.4 is 4.31 Å². The monoisotopic (exact) mass is 428 g/mol. The van der Waals surface area contributed by atoms with Crippen LogP contribution in [-0.2, 0) is 14.8 Å². The van der Waals surface area contributed by atoms with E-state index in [4.69, 9.17) is 4.74 Å². The highest BCUT2D eigenvalue weighted by Gasteiger charge is 2.37. The van der Waals surface area contributed by atoms with Gasteiger partial charge in [0.2, 0.25) is 0 Å². The molecule has 0 bridgehead atoms. The lowest BCUT2D eigenvalue weighted by Gasteiger charge is -2.43. The number of carbonyl (C=O) groups excluding carboxylic acids is 1. The Morgan fingerprint density at radius 2 is 1.87 bits per heavy atom. The van der Waals surface area contributed by atoms with Crippen LogP contribution in [-0.4, -0.2) is 51.1 Å². The Bertz CT molecular complexity index is 991. The smallest absolute Gasteiger partial charge is 0.264 e. The molecule has 1 saturated heterocycles. The van der Waals surface area contributed by atoms with Gasteiger partial charge in [-0.25, -0.2) is 8.42 Å². The van der Waals surface area contributed by atoms with E-state index in [1.54, 1.807) is 37.3 Å². The maximum Gasteiger partial charge on any atom is 0.264 e. The van der Waals surface area contributed by atoms with E-state index in [0.29, 0.717) is 30.9 Å². The number of morpholine rings is 1. The lowest BCUT2D eigenvalue weighted by molar-refractivity contribution is -0.0752. The molecule has 7 heteroatoms. The second-order valence-corrected chi connectivity index (χ2v) is 9.66. The zero-order valence-electron chi connectivity index (χ0n) is 17.2. The molecule has 160 valence electrons. The first-order valence-electron chi connectivity index (χ1n) is 10.6. The first kappa shape index (κ1) is 20.9. The van der Waals surface area contributed by atoms with Crippen LogP contribution in [0, 0.1) is 0 Å². The molecule has 2 aliphatic rings. The van der Waals surface area contributed by atoms with Crippen LogP contribution in [0.15, 0.2) is 59.5 Å². The van der Waals surface area contributed by atoms with E-state index in [-0.39, 0.29) is 22.9 Å². The number of amides is 1. The van der Waals surface area contributed by atoms with Crippen molar-refractivity contribution in [2.24, 2.45) is 0 Å². The lowest BCUT2D eigenvalue weighted by Crippen LogP contribution is -2.54. The third kappa shape index (κ3) is 3.96. The van der Waals surface area contributed by atoms with Gasteiger partial charge in [-0.3, -0.25) is 9.10 Å². The summed E-state index contributed by atoms with van der Waals surface area (Å²) in [6.45, 7) is 3.18. The van der Waals surface area contributed by atoms with E-state index in [2.05, 4.69) is 0 Å². The number of fused-ring (bicyclic) bond motifs is 1. The molecule has 30 heavy (non-hydrogen) atoms. The fraction of sp³-hybridized carbons (Fsp3) is 0.435. The third-order valence-electron chi connectivity index (χ3n) is 5.99. The van der Waals surface area contributed by atoms with Gasteiger partial charge in [-0.1, -0.05) is 37.1 Å². The molecule has 2 atom stereocenters. The SMILES string of the molecule is CCN(c1ccccc1)S(=O)(=O)c1cccc(C(=O)N2CCOC3CCCCC32)c1. The summed E-state index contributed by atoms with van der Waals surface area (Å²) in [4.78, 5) is 15.3. The first-order chi connectivity index (χ1) is 14.5. The van der Waals surface area contributed by atoms with Crippen molar-refractivity contribution in [3.05, 3.63) is 60.2 Å². The van der Waals surface area contributed by atoms with E-state index in [0.717, 1.165) is 25.7 Å². The molecule has 0 N–H and O–H groups in total. The molecule has 0 aromatic heterocycles. The second kappa shape index (κ2) is 8.78. The highest BCUT2D eigenvalue weighted by molar-refractivity contribution is 7.92. The topological polar surface area (TPSA) is 66.9 Å². The van der Waals surface area contributed by atoms with Crippen molar-refractivity contribution < 1.29 is 17.9 Å². The van der Waals surface area contributed by atoms with Crippen LogP contribution >= 0.6 is 0 Å². The van der Waals surface area contributed by atoms with Crippen molar-refractivity contribution in [2.45, 2.75) is 49.6 Å². The Morgan fingerprint density at radius 3 is 2.63 bits per heavy atom. The Balaban J connectivity index is 1.62. The average molecular weight is 429 g/mol. The molecule has 2 aromatic carbocycles. The molecule has 1 aliphatic carbocycles. The summed E-state index contributed by atoms with van der Waals surface area (Å²) < 4.78 is 33.9. The Kier molecular flexibility index (Phi) is 6.11. The van der Waals surface area contributed by atoms with Gasteiger partial charge < -0.3 is 9.64 Å². The number of anilines is 1. The molecular weight excluding hydrogens is 400 g/mol. The quantitative estimate of drug-likeness (QED) is 0.729. The molecule has 0 spiro atoms. The van der Waals surface area contributed by atoms with Crippen LogP contribution in [0.3, 0.4) is 0 Å². The summed E-state index contributed by atoms with van der Waals surface area (Å²) in [5, 5.41) is 0. The van der Waals surface area contributed by atoms with Gasteiger partial charge in [0.15, 0.2) is 0 Å². The maximum atomic E-state index is 13.3. The highest BCUT2D eigenvalue weighted by Crippen LogP contribution is 2.30. The van der Waals surface area contributed by atoms with Crippen LogP contribution in [0.5, 0.6) is 0 Å². The van der Waals surface area contributed by atoms with Crippen LogP contribution in [0.2, 0.25) is 0 Å². The molecule has 1 saturated carbocycles. The summed E-state index contributed by atoms with van der Waals surface area (Å²) in [5.41, 5.74) is 1.02. The van der Waals surface area contributed by atoms with E-state index in [1.165, 1.54) is 10.4 Å². The maximum absolute atomic E-state index is 13.3. The van der Waals surface area contributed by atoms with Crippen LogP contribution in [0.25, 0.3) is 0 Å². The predicted octanol–water partition coefficient (Wildman–Crippen LogP) is 3.69. The van der Waals surface area contributed by atoms with E-state index >= 15 is 0 Å². The largest absolute Gasteiger partial charge is 0.374 e. The average Bonchev–Trinajstić information content (AvgIpc) is 2.79. The number of rotatable bonds is 5. The van der Waals surface area contributed by atoms with E-state index < -0.39 is 10.0 Å². The molecule has 1 heterocycles. The zero-order chi connectivity index (χ0) is 21.1. The van der Waals surface area contributed by atoms with Crippen molar-refractivity contribution in [3.63, 3.8) is 0 Å². The van der Waals surface area contributed by atoms with Gasteiger partial charge >= 0.3 is 0 Å². The number of ether oxygens (including phenoxy) is 1. The van der Waals surface area contributed by atoms with Crippen molar-refractivity contribution in [1.29, 1.82) is 0 Å². The van der Waals surface area contributed by atoms with Gasteiger partial charge in [-0.15, -0.1) is 0 Å². The first-order valence-corrected chi connectivity index (χ1v) is 12.1. The molecule has 1 aliphatic heterocycles. The minimum absolute atomic E-state index is 0.0803. The number of para-hydroxylation sites is 1. The van der Waals surface area contributed by atoms with Gasteiger partial charge in [-0.2, -0.15) is 0 Å². The molecule has 4 rings (SSSR count). The molecule has 0 radical (unpaired) electrons. The van der Waals surface area contributed by atoms with E-state index in [1.807, 2.05) is 23.1 Å².